The van der Waals surface area contributed by atoms with Gasteiger partial charge >= 0.3 is 0 Å². The summed E-state index contributed by atoms with van der Waals surface area (Å²) in [5.41, 5.74) is 4.30. The normalized spacial score (nSPS) is 12.6. The molecule has 0 atom stereocenters. The number of rotatable bonds is 4. The molecule has 4 heteroatoms. The molecular formula is C19H19N3S. The molecule has 3 nitrogen and oxygen atoms in total. The van der Waals surface area contributed by atoms with Crippen LogP contribution in [-0.2, 0) is 0 Å². The van der Waals surface area contributed by atoms with Gasteiger partial charge in [-0.3, -0.25) is 4.99 Å². The van der Waals surface area contributed by atoms with E-state index in [4.69, 9.17) is 5.10 Å². The van der Waals surface area contributed by atoms with E-state index in [2.05, 4.69) is 34.6 Å². The Morgan fingerprint density at radius 2 is 1.65 bits per heavy atom. The van der Waals surface area contributed by atoms with Gasteiger partial charge in [-0.15, -0.1) is 11.3 Å². The highest BCUT2D eigenvalue weighted by Crippen LogP contribution is 2.20. The van der Waals surface area contributed by atoms with Gasteiger partial charge < -0.3 is 0 Å². The van der Waals surface area contributed by atoms with E-state index in [1.807, 2.05) is 54.9 Å². The lowest BCUT2D eigenvalue weighted by atomic mass is 10.1. The molecule has 0 aliphatic carbocycles. The molecule has 0 radical (unpaired) electrons. The average Bonchev–Trinajstić information content (AvgIpc) is 2.99. The number of hydrogen-bond donors (Lipinski definition) is 0. The van der Waals surface area contributed by atoms with Crippen LogP contribution in [0.15, 0.2) is 76.1 Å². The molecule has 3 rings (SSSR count). The van der Waals surface area contributed by atoms with Crippen molar-refractivity contribution < 1.29 is 0 Å². The van der Waals surface area contributed by atoms with Gasteiger partial charge in [0.15, 0.2) is 0 Å². The Labute approximate surface area is 140 Å². The summed E-state index contributed by atoms with van der Waals surface area (Å²) in [4.78, 5) is 5.49. The van der Waals surface area contributed by atoms with Crippen molar-refractivity contribution in [2.75, 3.05) is 6.54 Å². The number of thiazole rings is 1. The van der Waals surface area contributed by atoms with Crippen LogP contribution >= 0.6 is 11.3 Å². The Morgan fingerprint density at radius 1 is 1.00 bits per heavy atom. The van der Waals surface area contributed by atoms with Gasteiger partial charge in [-0.1, -0.05) is 60.7 Å². The largest absolute Gasteiger partial charge is 0.258 e. The van der Waals surface area contributed by atoms with Gasteiger partial charge in [-0.05, 0) is 19.4 Å². The van der Waals surface area contributed by atoms with Crippen molar-refractivity contribution in [2.45, 2.75) is 13.8 Å². The SMILES string of the molecule is CCN=c1scc(-c2ccccc2)n1N=C(C)c1ccccc1. The van der Waals surface area contributed by atoms with Crippen molar-refractivity contribution in [3.05, 3.63) is 76.4 Å². The molecule has 0 N–H and O–H groups in total. The molecule has 0 unspecified atom stereocenters. The summed E-state index contributed by atoms with van der Waals surface area (Å²) in [6.45, 7) is 4.82. The highest BCUT2D eigenvalue weighted by Gasteiger charge is 2.08. The van der Waals surface area contributed by atoms with E-state index in [0.29, 0.717) is 0 Å². The van der Waals surface area contributed by atoms with Gasteiger partial charge in [0.05, 0.1) is 11.4 Å². The van der Waals surface area contributed by atoms with Crippen LogP contribution in [0.1, 0.15) is 19.4 Å². The standard InChI is InChI=1S/C19H19N3S/c1-3-20-19-22(21-15(2)16-10-6-4-7-11-16)18(14-23-19)17-12-8-5-9-13-17/h4-14H,3H2,1-2H3. The molecule has 0 aliphatic rings. The molecule has 0 bridgehead atoms. The van der Waals surface area contributed by atoms with E-state index in [1.54, 1.807) is 11.3 Å². The first-order chi connectivity index (χ1) is 11.3. The Bertz CT molecular complexity index is 858. The smallest absolute Gasteiger partial charge is 0.206 e. The molecule has 0 aliphatic heterocycles. The summed E-state index contributed by atoms with van der Waals surface area (Å²) in [5, 5.41) is 6.95. The lowest BCUT2D eigenvalue weighted by Crippen LogP contribution is -2.14. The average molecular weight is 321 g/mol. The first-order valence-corrected chi connectivity index (χ1v) is 8.55. The fraction of sp³-hybridized carbons (Fsp3) is 0.158. The van der Waals surface area contributed by atoms with E-state index in [1.165, 1.54) is 0 Å². The molecule has 0 fully saturated rings. The Balaban J connectivity index is 2.14. The van der Waals surface area contributed by atoms with Gasteiger partial charge in [-0.2, -0.15) is 5.10 Å². The summed E-state index contributed by atoms with van der Waals surface area (Å²) < 4.78 is 1.95. The molecule has 0 saturated carbocycles. The van der Waals surface area contributed by atoms with E-state index in [0.717, 1.165) is 33.9 Å². The first-order valence-electron chi connectivity index (χ1n) is 7.67. The number of benzene rings is 2. The van der Waals surface area contributed by atoms with Crippen LogP contribution in [0, 0.1) is 0 Å². The van der Waals surface area contributed by atoms with E-state index in [-0.39, 0.29) is 0 Å². The van der Waals surface area contributed by atoms with E-state index >= 15 is 0 Å². The minimum Gasteiger partial charge on any atom is -0.258 e. The first kappa shape index (κ1) is 15.4. The van der Waals surface area contributed by atoms with Crippen molar-refractivity contribution in [3.8, 4) is 11.3 Å². The molecule has 3 aromatic rings. The zero-order valence-corrected chi connectivity index (χ0v) is 14.1. The number of nitrogens with zero attached hydrogens (tertiary/aromatic N) is 3. The summed E-state index contributed by atoms with van der Waals surface area (Å²) in [6, 6.07) is 20.5. The maximum atomic E-state index is 4.83. The predicted octanol–water partition coefficient (Wildman–Crippen LogP) is 4.41. The van der Waals surface area contributed by atoms with Crippen molar-refractivity contribution in [2.24, 2.45) is 10.1 Å². The van der Waals surface area contributed by atoms with Gasteiger partial charge in [0, 0.05) is 17.5 Å². The molecule has 1 heterocycles. The van der Waals surface area contributed by atoms with Crippen molar-refractivity contribution in [1.29, 1.82) is 0 Å². The third kappa shape index (κ3) is 3.48. The van der Waals surface area contributed by atoms with Gasteiger partial charge in [-0.25, -0.2) is 4.68 Å². The predicted molar refractivity (Wildman–Crippen MR) is 97.9 cm³/mol. The van der Waals surface area contributed by atoms with E-state index in [9.17, 15) is 0 Å². The van der Waals surface area contributed by atoms with Gasteiger partial charge in [0.2, 0.25) is 4.80 Å². The fourth-order valence-corrected chi connectivity index (χ4v) is 3.23. The molecule has 23 heavy (non-hydrogen) atoms. The topological polar surface area (TPSA) is 29.6 Å². The summed E-state index contributed by atoms with van der Waals surface area (Å²) in [6.07, 6.45) is 0. The zero-order valence-electron chi connectivity index (χ0n) is 13.3. The van der Waals surface area contributed by atoms with E-state index < -0.39 is 0 Å². The minimum atomic E-state index is 0.745. The lowest BCUT2D eigenvalue weighted by molar-refractivity contribution is 0.827. The van der Waals surface area contributed by atoms with Crippen LogP contribution in [0.5, 0.6) is 0 Å². The van der Waals surface area contributed by atoms with Crippen LogP contribution in [0.2, 0.25) is 0 Å². The molecule has 1 aromatic heterocycles. The quantitative estimate of drug-likeness (QED) is 0.637. The van der Waals surface area contributed by atoms with Crippen molar-refractivity contribution in [3.63, 3.8) is 0 Å². The summed E-state index contributed by atoms with van der Waals surface area (Å²) >= 11 is 1.62. The van der Waals surface area contributed by atoms with Crippen molar-refractivity contribution in [1.82, 2.24) is 4.68 Å². The fourth-order valence-electron chi connectivity index (χ4n) is 2.33. The Morgan fingerprint density at radius 3 is 2.30 bits per heavy atom. The molecule has 0 spiro atoms. The molecule has 116 valence electrons. The number of hydrogen-bond acceptors (Lipinski definition) is 3. The number of aromatic nitrogens is 1. The molecule has 2 aromatic carbocycles. The zero-order chi connectivity index (χ0) is 16.1. The molecule has 0 saturated heterocycles. The monoisotopic (exact) mass is 321 g/mol. The Hall–Kier alpha value is -2.46. The van der Waals surface area contributed by atoms with Crippen LogP contribution in [0.3, 0.4) is 0 Å². The maximum absolute atomic E-state index is 4.83. The molecular weight excluding hydrogens is 302 g/mol. The summed E-state index contributed by atoms with van der Waals surface area (Å²) in [5.74, 6) is 0. The molecule has 0 amide bonds. The summed E-state index contributed by atoms with van der Waals surface area (Å²) in [7, 11) is 0. The van der Waals surface area contributed by atoms with Gasteiger partial charge in [0.25, 0.3) is 0 Å². The van der Waals surface area contributed by atoms with Crippen LogP contribution in [0.4, 0.5) is 0 Å². The lowest BCUT2D eigenvalue weighted by Gasteiger charge is -2.06. The Kier molecular flexibility index (Phi) is 4.83. The second-order valence-electron chi connectivity index (χ2n) is 5.11. The van der Waals surface area contributed by atoms with Gasteiger partial charge in [0.1, 0.15) is 0 Å². The minimum absolute atomic E-state index is 0.745. The highest BCUT2D eigenvalue weighted by atomic mass is 32.1. The second kappa shape index (κ2) is 7.20. The third-order valence-electron chi connectivity index (χ3n) is 3.49. The van der Waals surface area contributed by atoms with Crippen LogP contribution in [-0.4, -0.2) is 16.9 Å². The maximum Gasteiger partial charge on any atom is 0.206 e. The van der Waals surface area contributed by atoms with Crippen LogP contribution in [0.25, 0.3) is 11.3 Å². The second-order valence-corrected chi connectivity index (χ2v) is 5.94. The highest BCUT2D eigenvalue weighted by molar-refractivity contribution is 7.07. The van der Waals surface area contributed by atoms with Crippen molar-refractivity contribution >= 4 is 17.0 Å². The third-order valence-corrected chi connectivity index (χ3v) is 4.34. The van der Waals surface area contributed by atoms with Crippen LogP contribution < -0.4 is 4.80 Å².